The third-order valence-corrected chi connectivity index (χ3v) is 2.82. The average molecular weight is 235 g/mol. The van der Waals surface area contributed by atoms with E-state index in [1.54, 1.807) is 0 Å². The average Bonchev–Trinajstić information content (AvgIpc) is 2.17. The lowest BCUT2D eigenvalue weighted by atomic mass is 9.87. The van der Waals surface area contributed by atoms with Gasteiger partial charge in [0, 0.05) is 5.69 Å². The summed E-state index contributed by atoms with van der Waals surface area (Å²) in [5.74, 6) is 0. The highest BCUT2D eigenvalue weighted by Gasteiger charge is 2.12. The number of hydrogen-bond acceptors (Lipinski definition) is 1. The Morgan fingerprint density at radius 3 is 2.19 bits per heavy atom. The summed E-state index contributed by atoms with van der Waals surface area (Å²) < 4.78 is 0. The fourth-order valence-corrected chi connectivity index (χ4v) is 1.83. The molecule has 0 saturated heterocycles. The monoisotopic (exact) mass is 235 g/mol. The van der Waals surface area contributed by atoms with Gasteiger partial charge in [0.05, 0.1) is 4.99 Å². The third-order valence-electron chi connectivity index (χ3n) is 2.51. The minimum atomic E-state index is 0.211. The second-order valence-electron chi connectivity index (χ2n) is 5.13. The van der Waals surface area contributed by atoms with Gasteiger partial charge < -0.3 is 5.32 Å². The van der Waals surface area contributed by atoms with Gasteiger partial charge in [-0.05, 0) is 36.0 Å². The number of nitrogens with one attached hydrogen (secondary N) is 1. The molecule has 1 aromatic carbocycles. The highest BCUT2D eigenvalue weighted by atomic mass is 32.1. The smallest absolute Gasteiger partial charge is 0.0797 e. The number of anilines is 1. The molecule has 0 aromatic heterocycles. The van der Waals surface area contributed by atoms with Crippen molar-refractivity contribution in [2.45, 2.75) is 46.0 Å². The van der Waals surface area contributed by atoms with E-state index in [0.717, 1.165) is 23.5 Å². The molecule has 1 nitrogen and oxygen atoms in total. The van der Waals surface area contributed by atoms with E-state index in [4.69, 9.17) is 12.2 Å². The van der Waals surface area contributed by atoms with Crippen molar-refractivity contribution >= 4 is 22.9 Å². The second kappa shape index (κ2) is 5.44. The Morgan fingerprint density at radius 1 is 1.19 bits per heavy atom. The van der Waals surface area contributed by atoms with E-state index in [0.29, 0.717) is 0 Å². The summed E-state index contributed by atoms with van der Waals surface area (Å²) >= 11 is 5.23. The predicted molar refractivity (Wildman–Crippen MR) is 76.3 cm³/mol. The normalized spacial score (nSPS) is 11.2. The second-order valence-corrected chi connectivity index (χ2v) is 5.62. The summed E-state index contributed by atoms with van der Waals surface area (Å²) in [6.07, 6.45) is 2.04. The van der Waals surface area contributed by atoms with E-state index >= 15 is 0 Å². The van der Waals surface area contributed by atoms with E-state index in [2.05, 4.69) is 57.3 Å². The zero-order valence-corrected chi connectivity index (χ0v) is 11.4. The van der Waals surface area contributed by atoms with E-state index in [1.165, 1.54) is 5.56 Å². The molecule has 0 aliphatic heterocycles. The van der Waals surface area contributed by atoms with Gasteiger partial charge in [0.15, 0.2) is 0 Å². The maximum atomic E-state index is 5.23. The molecule has 0 atom stereocenters. The molecular weight excluding hydrogens is 214 g/mol. The number of rotatable bonds is 3. The fraction of sp³-hybridized carbons (Fsp3) is 0.500. The van der Waals surface area contributed by atoms with Crippen LogP contribution in [0.2, 0.25) is 0 Å². The molecule has 2 heteroatoms. The van der Waals surface area contributed by atoms with Gasteiger partial charge in [-0.2, -0.15) is 0 Å². The Labute approximate surface area is 104 Å². The van der Waals surface area contributed by atoms with Gasteiger partial charge in [-0.3, -0.25) is 0 Å². The summed E-state index contributed by atoms with van der Waals surface area (Å²) in [5, 5.41) is 3.25. The van der Waals surface area contributed by atoms with Crippen LogP contribution in [0.1, 0.15) is 46.1 Å². The molecular formula is C14H21NS. The van der Waals surface area contributed by atoms with Gasteiger partial charge in [-0.15, -0.1) is 0 Å². The van der Waals surface area contributed by atoms with Crippen LogP contribution in [0, 0.1) is 0 Å². The first-order valence-corrected chi connectivity index (χ1v) is 6.24. The molecule has 0 amide bonds. The van der Waals surface area contributed by atoms with Crippen LogP contribution in [0.4, 0.5) is 5.69 Å². The van der Waals surface area contributed by atoms with Crippen LogP contribution in [0.5, 0.6) is 0 Å². The van der Waals surface area contributed by atoms with Crippen LogP contribution in [-0.2, 0) is 5.41 Å². The lowest BCUT2D eigenvalue weighted by Gasteiger charge is -2.19. The molecule has 0 spiro atoms. The highest BCUT2D eigenvalue weighted by Crippen LogP contribution is 2.23. The van der Waals surface area contributed by atoms with Gasteiger partial charge in [-0.1, -0.05) is 52.0 Å². The van der Waals surface area contributed by atoms with E-state index < -0.39 is 0 Å². The molecule has 1 N–H and O–H groups in total. The van der Waals surface area contributed by atoms with Crippen LogP contribution in [0.3, 0.4) is 0 Å². The van der Waals surface area contributed by atoms with Crippen LogP contribution >= 0.6 is 12.2 Å². The molecule has 16 heavy (non-hydrogen) atoms. The van der Waals surface area contributed by atoms with Crippen molar-refractivity contribution in [3.63, 3.8) is 0 Å². The molecule has 1 rings (SSSR count). The molecule has 0 fully saturated rings. The Kier molecular flexibility index (Phi) is 4.48. The Balaban J connectivity index is 2.69. The maximum Gasteiger partial charge on any atom is 0.0797 e. The van der Waals surface area contributed by atoms with Crippen LogP contribution in [0.15, 0.2) is 24.3 Å². The van der Waals surface area contributed by atoms with Crippen molar-refractivity contribution in [3.05, 3.63) is 29.8 Å². The minimum Gasteiger partial charge on any atom is -0.350 e. The highest BCUT2D eigenvalue weighted by molar-refractivity contribution is 7.80. The van der Waals surface area contributed by atoms with E-state index in [1.807, 2.05) is 0 Å². The van der Waals surface area contributed by atoms with Crippen LogP contribution in [-0.4, -0.2) is 4.99 Å². The quantitative estimate of drug-likeness (QED) is 0.773. The summed E-state index contributed by atoms with van der Waals surface area (Å²) in [7, 11) is 0. The van der Waals surface area contributed by atoms with Gasteiger partial charge in [0.2, 0.25) is 0 Å². The summed E-state index contributed by atoms with van der Waals surface area (Å²) in [5.41, 5.74) is 2.65. The first-order valence-electron chi connectivity index (χ1n) is 5.84. The van der Waals surface area contributed by atoms with Gasteiger partial charge >= 0.3 is 0 Å². The molecule has 0 heterocycles. The van der Waals surface area contributed by atoms with Crippen LogP contribution < -0.4 is 5.32 Å². The molecule has 88 valence electrons. The summed E-state index contributed by atoms with van der Waals surface area (Å²) in [6, 6.07) is 8.53. The molecule has 0 aliphatic rings. The van der Waals surface area contributed by atoms with Crippen molar-refractivity contribution in [2.75, 3.05) is 5.32 Å². The van der Waals surface area contributed by atoms with Crippen molar-refractivity contribution in [1.82, 2.24) is 0 Å². The molecule has 0 saturated carbocycles. The van der Waals surface area contributed by atoms with E-state index in [9.17, 15) is 0 Å². The fourth-order valence-electron chi connectivity index (χ4n) is 1.50. The summed E-state index contributed by atoms with van der Waals surface area (Å²) in [6.45, 7) is 8.79. The van der Waals surface area contributed by atoms with Crippen molar-refractivity contribution in [3.8, 4) is 0 Å². The summed E-state index contributed by atoms with van der Waals surface area (Å²) in [4.78, 5) is 0.922. The zero-order valence-electron chi connectivity index (χ0n) is 10.6. The topological polar surface area (TPSA) is 12.0 Å². The molecule has 0 aliphatic carbocycles. The van der Waals surface area contributed by atoms with Gasteiger partial charge in [0.25, 0.3) is 0 Å². The maximum absolute atomic E-state index is 5.23. The lowest BCUT2D eigenvalue weighted by molar-refractivity contribution is 0.590. The Bertz CT molecular complexity index is 346. The number of benzene rings is 1. The van der Waals surface area contributed by atoms with Crippen LogP contribution in [0.25, 0.3) is 0 Å². The molecule has 0 radical (unpaired) electrons. The van der Waals surface area contributed by atoms with Gasteiger partial charge in [-0.25, -0.2) is 0 Å². The SMILES string of the molecule is CCCC(=S)Nc1ccc(C(C)(C)C)cc1. The van der Waals surface area contributed by atoms with E-state index in [-0.39, 0.29) is 5.41 Å². The zero-order chi connectivity index (χ0) is 12.2. The van der Waals surface area contributed by atoms with Crippen molar-refractivity contribution in [2.24, 2.45) is 0 Å². The van der Waals surface area contributed by atoms with Crippen molar-refractivity contribution in [1.29, 1.82) is 0 Å². The Morgan fingerprint density at radius 2 is 1.75 bits per heavy atom. The molecule has 0 unspecified atom stereocenters. The first-order chi connectivity index (χ1) is 7.43. The molecule has 1 aromatic rings. The molecule has 0 bridgehead atoms. The third kappa shape index (κ3) is 3.93. The predicted octanol–water partition coefficient (Wildman–Crippen LogP) is 4.52. The van der Waals surface area contributed by atoms with Gasteiger partial charge in [0.1, 0.15) is 0 Å². The Hall–Kier alpha value is -0.890. The number of thiocarbonyl (C=S) groups is 1. The van der Waals surface area contributed by atoms with Crippen molar-refractivity contribution < 1.29 is 0 Å². The standard InChI is InChI=1S/C14H21NS/c1-5-6-13(16)15-12-9-7-11(8-10-12)14(2,3)4/h7-10H,5-6H2,1-4H3,(H,15,16). The lowest BCUT2D eigenvalue weighted by Crippen LogP contribution is -2.12. The number of hydrogen-bond donors (Lipinski definition) is 1. The largest absolute Gasteiger partial charge is 0.350 e. The first kappa shape index (κ1) is 13.2. The minimum absolute atomic E-state index is 0.211.